The van der Waals surface area contributed by atoms with Gasteiger partial charge in [0.15, 0.2) is 0 Å². The molecule has 0 radical (unpaired) electrons. The van der Waals surface area contributed by atoms with E-state index in [9.17, 15) is 4.79 Å². The van der Waals surface area contributed by atoms with Gasteiger partial charge in [0.05, 0.1) is 12.7 Å². The lowest BCUT2D eigenvalue weighted by molar-refractivity contribution is -0.132. The highest BCUT2D eigenvalue weighted by molar-refractivity contribution is 5.84. The molecule has 3 nitrogen and oxygen atoms in total. The summed E-state index contributed by atoms with van der Waals surface area (Å²) in [5.74, 6) is 0.783. The van der Waals surface area contributed by atoms with Crippen LogP contribution in [0.25, 0.3) is 0 Å². The highest BCUT2D eigenvalue weighted by Crippen LogP contribution is 2.44. The first-order chi connectivity index (χ1) is 8.12. The van der Waals surface area contributed by atoms with Gasteiger partial charge in [0, 0.05) is 6.54 Å². The predicted molar refractivity (Wildman–Crippen MR) is 69.5 cm³/mol. The van der Waals surface area contributed by atoms with E-state index in [0.717, 1.165) is 19.6 Å². The van der Waals surface area contributed by atoms with E-state index < -0.39 is 0 Å². The van der Waals surface area contributed by atoms with Crippen LogP contribution in [-0.2, 0) is 4.79 Å². The van der Waals surface area contributed by atoms with E-state index >= 15 is 0 Å². The van der Waals surface area contributed by atoms with E-state index in [-0.39, 0.29) is 6.04 Å². The van der Waals surface area contributed by atoms with Crippen LogP contribution in [0.2, 0.25) is 0 Å². The quantitative estimate of drug-likeness (QED) is 0.797. The Kier molecular flexibility index (Phi) is 3.76. The van der Waals surface area contributed by atoms with Crippen molar-refractivity contribution in [3.05, 3.63) is 0 Å². The molecule has 2 rings (SSSR count). The lowest BCUT2D eigenvalue weighted by atomic mass is 9.67. The summed E-state index contributed by atoms with van der Waals surface area (Å²) in [5.41, 5.74) is 0.446. The maximum atomic E-state index is 12.3. The standard InChI is InChI=1S/C14H26N2O/c1-4-11(3)12-13(17)16(10-15-12)9-14(5-2)7-6-8-14/h11-12,15H,4-10H2,1-3H3. The molecule has 1 aliphatic heterocycles. The molecule has 2 unspecified atom stereocenters. The molecule has 1 amide bonds. The van der Waals surface area contributed by atoms with Crippen molar-refractivity contribution < 1.29 is 4.79 Å². The van der Waals surface area contributed by atoms with Gasteiger partial charge in [0.1, 0.15) is 0 Å². The van der Waals surface area contributed by atoms with Gasteiger partial charge in [-0.3, -0.25) is 10.1 Å². The highest BCUT2D eigenvalue weighted by atomic mass is 16.2. The molecule has 2 aliphatic rings. The van der Waals surface area contributed by atoms with Crippen LogP contribution < -0.4 is 5.32 Å². The summed E-state index contributed by atoms with van der Waals surface area (Å²) < 4.78 is 0. The SMILES string of the molecule is CCC(C)C1NCN(CC2(CC)CCC2)C1=O. The van der Waals surface area contributed by atoms with E-state index in [0.29, 0.717) is 17.2 Å². The minimum atomic E-state index is 0.0639. The van der Waals surface area contributed by atoms with Crippen molar-refractivity contribution in [1.82, 2.24) is 10.2 Å². The van der Waals surface area contributed by atoms with E-state index in [4.69, 9.17) is 0 Å². The van der Waals surface area contributed by atoms with Crippen LogP contribution in [0.5, 0.6) is 0 Å². The molecule has 1 N–H and O–H groups in total. The molecule has 0 aromatic carbocycles. The number of carbonyl (C=O) groups excluding carboxylic acids is 1. The lowest BCUT2D eigenvalue weighted by Crippen LogP contribution is -2.44. The Morgan fingerprint density at radius 1 is 1.47 bits per heavy atom. The zero-order valence-electron chi connectivity index (χ0n) is 11.5. The van der Waals surface area contributed by atoms with Gasteiger partial charge in [-0.15, -0.1) is 0 Å². The Morgan fingerprint density at radius 3 is 2.65 bits per heavy atom. The first-order valence-corrected chi connectivity index (χ1v) is 7.14. The summed E-state index contributed by atoms with van der Waals surface area (Å²) in [5, 5.41) is 3.38. The summed E-state index contributed by atoms with van der Waals surface area (Å²) in [6.45, 7) is 8.32. The van der Waals surface area contributed by atoms with E-state index in [1.165, 1.54) is 25.7 Å². The molecule has 2 atom stereocenters. The Labute approximate surface area is 105 Å². The second kappa shape index (κ2) is 4.97. The fraction of sp³-hybridized carbons (Fsp3) is 0.929. The number of carbonyl (C=O) groups is 1. The van der Waals surface area contributed by atoms with Crippen molar-refractivity contribution in [2.24, 2.45) is 11.3 Å². The van der Waals surface area contributed by atoms with Gasteiger partial charge in [0.2, 0.25) is 5.91 Å². The second-order valence-corrected chi connectivity index (χ2v) is 5.97. The zero-order valence-corrected chi connectivity index (χ0v) is 11.5. The van der Waals surface area contributed by atoms with Gasteiger partial charge in [-0.05, 0) is 30.6 Å². The van der Waals surface area contributed by atoms with Crippen LogP contribution in [0.4, 0.5) is 0 Å². The Hall–Kier alpha value is -0.570. The predicted octanol–water partition coefficient (Wildman–Crippen LogP) is 2.37. The Morgan fingerprint density at radius 2 is 2.18 bits per heavy atom. The maximum absolute atomic E-state index is 12.3. The maximum Gasteiger partial charge on any atom is 0.241 e. The van der Waals surface area contributed by atoms with Crippen molar-refractivity contribution in [2.75, 3.05) is 13.2 Å². The molecule has 17 heavy (non-hydrogen) atoms. The highest BCUT2D eigenvalue weighted by Gasteiger charge is 2.41. The molecule has 0 aromatic heterocycles. The molecule has 1 saturated heterocycles. The van der Waals surface area contributed by atoms with Crippen LogP contribution in [0.3, 0.4) is 0 Å². The Balaban J connectivity index is 1.93. The van der Waals surface area contributed by atoms with Gasteiger partial charge in [-0.2, -0.15) is 0 Å². The second-order valence-electron chi connectivity index (χ2n) is 5.97. The van der Waals surface area contributed by atoms with Crippen LogP contribution >= 0.6 is 0 Å². The number of nitrogens with zero attached hydrogens (tertiary/aromatic N) is 1. The summed E-state index contributed by atoms with van der Waals surface area (Å²) in [6.07, 6.45) is 6.24. The lowest BCUT2D eigenvalue weighted by Gasteiger charge is -2.43. The smallest absolute Gasteiger partial charge is 0.241 e. The summed E-state index contributed by atoms with van der Waals surface area (Å²) in [4.78, 5) is 14.4. The molecule has 1 saturated carbocycles. The topological polar surface area (TPSA) is 32.3 Å². The monoisotopic (exact) mass is 238 g/mol. The van der Waals surface area contributed by atoms with Crippen molar-refractivity contribution in [2.45, 2.75) is 58.9 Å². The average molecular weight is 238 g/mol. The summed E-state index contributed by atoms with van der Waals surface area (Å²) in [6, 6.07) is 0.0639. The van der Waals surface area contributed by atoms with E-state index in [1.807, 2.05) is 0 Å². The molecule has 0 bridgehead atoms. The normalized spacial score (nSPS) is 29.2. The molecular formula is C14H26N2O. The summed E-state index contributed by atoms with van der Waals surface area (Å²) >= 11 is 0. The molecular weight excluding hydrogens is 212 g/mol. The van der Waals surface area contributed by atoms with Crippen LogP contribution in [0, 0.1) is 11.3 Å². The van der Waals surface area contributed by atoms with E-state index in [1.54, 1.807) is 0 Å². The van der Waals surface area contributed by atoms with Crippen molar-refractivity contribution in [3.8, 4) is 0 Å². The van der Waals surface area contributed by atoms with Crippen molar-refractivity contribution in [3.63, 3.8) is 0 Å². The minimum absolute atomic E-state index is 0.0639. The molecule has 1 aliphatic carbocycles. The average Bonchev–Trinajstić information content (AvgIpc) is 2.64. The third kappa shape index (κ3) is 2.35. The van der Waals surface area contributed by atoms with Crippen LogP contribution in [0.1, 0.15) is 52.9 Å². The fourth-order valence-electron chi connectivity index (χ4n) is 3.09. The number of nitrogens with one attached hydrogen (secondary N) is 1. The molecule has 3 heteroatoms. The van der Waals surface area contributed by atoms with Gasteiger partial charge >= 0.3 is 0 Å². The third-order valence-corrected chi connectivity index (χ3v) is 4.98. The largest absolute Gasteiger partial charge is 0.328 e. The van der Waals surface area contributed by atoms with Gasteiger partial charge in [-0.1, -0.05) is 33.6 Å². The Bertz CT molecular complexity index is 280. The zero-order chi connectivity index (χ0) is 12.5. The molecule has 1 heterocycles. The first kappa shape index (κ1) is 12.9. The molecule has 0 spiro atoms. The number of amides is 1. The molecule has 98 valence electrons. The molecule has 2 fully saturated rings. The number of hydrogen-bond donors (Lipinski definition) is 1. The number of rotatable bonds is 5. The fourth-order valence-corrected chi connectivity index (χ4v) is 3.09. The molecule has 0 aromatic rings. The summed E-state index contributed by atoms with van der Waals surface area (Å²) in [7, 11) is 0. The van der Waals surface area contributed by atoms with Crippen molar-refractivity contribution >= 4 is 5.91 Å². The van der Waals surface area contributed by atoms with Crippen LogP contribution in [-0.4, -0.2) is 30.1 Å². The van der Waals surface area contributed by atoms with E-state index in [2.05, 4.69) is 31.0 Å². The first-order valence-electron chi connectivity index (χ1n) is 7.14. The van der Waals surface area contributed by atoms with Crippen LogP contribution in [0.15, 0.2) is 0 Å². The third-order valence-electron chi connectivity index (χ3n) is 4.98. The van der Waals surface area contributed by atoms with Gasteiger partial charge in [-0.25, -0.2) is 0 Å². The van der Waals surface area contributed by atoms with Gasteiger partial charge < -0.3 is 4.90 Å². The minimum Gasteiger partial charge on any atom is -0.328 e. The number of hydrogen-bond acceptors (Lipinski definition) is 2. The van der Waals surface area contributed by atoms with Gasteiger partial charge in [0.25, 0.3) is 0 Å². The van der Waals surface area contributed by atoms with Crippen molar-refractivity contribution in [1.29, 1.82) is 0 Å².